The van der Waals surface area contributed by atoms with Crippen LogP contribution in [-0.4, -0.2) is 61.9 Å². The van der Waals surface area contributed by atoms with E-state index >= 15 is 4.39 Å². The summed E-state index contributed by atoms with van der Waals surface area (Å²) in [4.78, 5) is 24.1. The Balaban J connectivity index is 1.23. The maximum atomic E-state index is 15.9. The van der Waals surface area contributed by atoms with Crippen molar-refractivity contribution < 1.29 is 23.8 Å². The van der Waals surface area contributed by atoms with Gasteiger partial charge in [-0.1, -0.05) is 30.3 Å². The number of alkyl carbamates (subject to hydrolysis) is 1. The van der Waals surface area contributed by atoms with Gasteiger partial charge in [0.2, 0.25) is 0 Å². The Labute approximate surface area is 233 Å². The molecule has 2 aromatic heterocycles. The summed E-state index contributed by atoms with van der Waals surface area (Å²) < 4.78 is 29.6. The van der Waals surface area contributed by atoms with Gasteiger partial charge >= 0.3 is 6.09 Å². The Morgan fingerprint density at radius 1 is 1.21 bits per heavy atom. The number of benzene rings is 1. The van der Waals surface area contributed by atoms with Gasteiger partial charge in [0.15, 0.2) is 21.4 Å². The minimum Gasteiger partial charge on any atom is -0.445 e. The van der Waals surface area contributed by atoms with Crippen molar-refractivity contribution in [3.8, 4) is 0 Å². The van der Waals surface area contributed by atoms with E-state index in [0.717, 1.165) is 31.2 Å². The highest BCUT2D eigenvalue weighted by atomic mass is 127. The molecule has 10 nitrogen and oxygen atoms in total. The molecule has 1 aromatic carbocycles. The van der Waals surface area contributed by atoms with Gasteiger partial charge < -0.3 is 24.8 Å². The van der Waals surface area contributed by atoms with Crippen molar-refractivity contribution in [2.24, 2.45) is 0 Å². The summed E-state index contributed by atoms with van der Waals surface area (Å²) in [6.07, 6.45) is 2.51. The smallest absolute Gasteiger partial charge is 0.407 e. The van der Waals surface area contributed by atoms with Crippen molar-refractivity contribution in [2.75, 3.05) is 11.5 Å². The normalized spacial score (nSPS) is 27.0. The van der Waals surface area contributed by atoms with E-state index in [4.69, 9.17) is 19.4 Å². The molecule has 1 amide bonds. The SMILES string of the molecule is O=C(N[C@H]1C[C@@H]2CC[C@H]([C@H]1F)N2c1nc2c(nc1CO)c(I)nn2[C@H]1CCCCO1)OCc1ccccc1. The molecule has 0 aliphatic carbocycles. The largest absolute Gasteiger partial charge is 0.445 e. The molecule has 202 valence electrons. The van der Waals surface area contributed by atoms with Crippen LogP contribution in [0.5, 0.6) is 0 Å². The molecule has 3 fully saturated rings. The lowest BCUT2D eigenvalue weighted by atomic mass is 9.95. The van der Waals surface area contributed by atoms with Crippen molar-refractivity contribution in [3.63, 3.8) is 0 Å². The summed E-state index contributed by atoms with van der Waals surface area (Å²) in [7, 11) is 0. The van der Waals surface area contributed by atoms with Gasteiger partial charge in [-0.05, 0) is 66.7 Å². The number of aliphatic hydroxyl groups excluding tert-OH is 1. The highest BCUT2D eigenvalue weighted by Gasteiger charge is 2.49. The lowest BCUT2D eigenvalue weighted by Gasteiger charge is -2.42. The Kier molecular flexibility index (Phi) is 7.36. The second kappa shape index (κ2) is 10.9. The first kappa shape index (κ1) is 25.7. The molecule has 0 saturated carbocycles. The molecule has 5 heterocycles. The number of fused-ring (bicyclic) bond motifs is 3. The predicted molar refractivity (Wildman–Crippen MR) is 145 cm³/mol. The molecule has 2 bridgehead atoms. The fourth-order valence-electron chi connectivity index (χ4n) is 5.90. The van der Waals surface area contributed by atoms with E-state index in [1.165, 1.54) is 0 Å². The monoisotopic (exact) mass is 636 g/mol. The fraction of sp³-hybridized carbons (Fsp3) is 0.538. The molecule has 5 atom stereocenters. The third-order valence-electron chi connectivity index (χ3n) is 7.70. The molecule has 3 aliphatic heterocycles. The highest BCUT2D eigenvalue weighted by molar-refractivity contribution is 14.1. The van der Waals surface area contributed by atoms with Crippen LogP contribution >= 0.6 is 22.6 Å². The third-order valence-corrected chi connectivity index (χ3v) is 8.43. The summed E-state index contributed by atoms with van der Waals surface area (Å²) in [6.45, 7) is 0.474. The fourth-order valence-corrected chi connectivity index (χ4v) is 6.50. The van der Waals surface area contributed by atoms with E-state index in [2.05, 4.69) is 33.0 Å². The van der Waals surface area contributed by atoms with Crippen molar-refractivity contribution in [3.05, 3.63) is 45.3 Å². The van der Waals surface area contributed by atoms with Gasteiger partial charge in [0.05, 0.1) is 18.7 Å². The van der Waals surface area contributed by atoms with Crippen LogP contribution in [0.1, 0.15) is 56.0 Å². The van der Waals surface area contributed by atoms with E-state index in [1.807, 2.05) is 35.2 Å². The summed E-state index contributed by atoms with van der Waals surface area (Å²) in [5.74, 6) is 0.480. The number of halogens is 2. The second-order valence-corrected chi connectivity index (χ2v) is 11.1. The van der Waals surface area contributed by atoms with Crippen LogP contribution in [0.15, 0.2) is 30.3 Å². The number of ether oxygens (including phenoxy) is 2. The molecule has 0 spiro atoms. The molecule has 3 saturated heterocycles. The summed E-state index contributed by atoms with van der Waals surface area (Å²) in [6, 6.07) is 8.17. The average Bonchev–Trinajstić information content (AvgIpc) is 3.46. The van der Waals surface area contributed by atoms with E-state index in [1.54, 1.807) is 4.68 Å². The van der Waals surface area contributed by atoms with Crippen LogP contribution in [0.2, 0.25) is 0 Å². The molecule has 38 heavy (non-hydrogen) atoms. The maximum absolute atomic E-state index is 15.9. The molecule has 2 N–H and O–H groups in total. The lowest BCUT2D eigenvalue weighted by molar-refractivity contribution is -0.0372. The number of aliphatic hydroxyl groups is 1. The number of piperidine rings is 1. The number of hydrogen-bond acceptors (Lipinski definition) is 8. The molecule has 12 heteroatoms. The number of carbonyl (C=O) groups is 1. The van der Waals surface area contributed by atoms with Crippen LogP contribution in [0.25, 0.3) is 11.2 Å². The van der Waals surface area contributed by atoms with Crippen molar-refractivity contribution >= 4 is 45.7 Å². The third kappa shape index (κ3) is 4.81. The summed E-state index contributed by atoms with van der Waals surface area (Å²) in [5, 5.41) is 17.6. The number of anilines is 1. The number of hydrogen-bond donors (Lipinski definition) is 2. The molecule has 0 radical (unpaired) electrons. The van der Waals surface area contributed by atoms with Crippen molar-refractivity contribution in [2.45, 2.75) is 82.3 Å². The van der Waals surface area contributed by atoms with Crippen LogP contribution in [0.4, 0.5) is 15.0 Å². The maximum Gasteiger partial charge on any atom is 0.407 e. The number of carbonyl (C=O) groups excluding carboxylic acids is 1. The second-order valence-electron chi connectivity index (χ2n) is 10.1. The molecule has 3 aromatic rings. The first-order valence-electron chi connectivity index (χ1n) is 13.1. The minimum absolute atomic E-state index is 0.0511. The number of nitrogens with one attached hydrogen (secondary N) is 1. The van der Waals surface area contributed by atoms with Crippen LogP contribution < -0.4 is 10.2 Å². The first-order valence-corrected chi connectivity index (χ1v) is 14.2. The highest BCUT2D eigenvalue weighted by Crippen LogP contribution is 2.42. The average molecular weight is 636 g/mol. The molecular weight excluding hydrogens is 606 g/mol. The standard InChI is InChI=1S/C26H30FIN6O4/c27-21-17(30-26(36)38-14-15-6-2-1-3-7-15)12-16-9-10-19(21)33(16)24-18(13-35)29-22-23(28)32-34(25(22)31-24)20-8-4-5-11-37-20/h1-3,6-7,16-17,19-21,35H,4-5,8-14H2,(H,30,36)/t16-,17-,19+,20+,21-/m0/s1. The van der Waals surface area contributed by atoms with E-state index < -0.39 is 24.3 Å². The zero-order chi connectivity index (χ0) is 26.2. The van der Waals surface area contributed by atoms with Gasteiger partial charge in [0.1, 0.15) is 24.0 Å². The lowest BCUT2D eigenvalue weighted by Crippen LogP contribution is -2.58. The van der Waals surface area contributed by atoms with Crippen molar-refractivity contribution in [1.29, 1.82) is 0 Å². The number of nitrogens with zero attached hydrogens (tertiary/aromatic N) is 5. The van der Waals surface area contributed by atoms with E-state index in [0.29, 0.717) is 45.8 Å². The number of rotatable bonds is 6. The summed E-state index contributed by atoms with van der Waals surface area (Å²) >= 11 is 2.12. The van der Waals surface area contributed by atoms with Gasteiger partial charge in [-0.15, -0.1) is 0 Å². The van der Waals surface area contributed by atoms with Gasteiger partial charge in [-0.2, -0.15) is 5.10 Å². The van der Waals surface area contributed by atoms with E-state index in [-0.39, 0.29) is 25.5 Å². The van der Waals surface area contributed by atoms with Gasteiger partial charge in [-0.3, -0.25) is 0 Å². The first-order chi connectivity index (χ1) is 18.5. The quantitative estimate of drug-likeness (QED) is 0.391. The van der Waals surface area contributed by atoms with Gasteiger partial charge in [-0.25, -0.2) is 23.8 Å². The van der Waals surface area contributed by atoms with Crippen LogP contribution in [0, 0.1) is 3.70 Å². The number of aromatic nitrogens is 4. The Hall–Kier alpha value is -2.58. The van der Waals surface area contributed by atoms with Crippen molar-refractivity contribution in [1.82, 2.24) is 25.1 Å². The van der Waals surface area contributed by atoms with Crippen LogP contribution in [-0.2, 0) is 22.7 Å². The Morgan fingerprint density at radius 3 is 2.82 bits per heavy atom. The van der Waals surface area contributed by atoms with Gasteiger partial charge in [0, 0.05) is 12.6 Å². The zero-order valence-electron chi connectivity index (χ0n) is 20.8. The Bertz CT molecular complexity index is 1300. The Morgan fingerprint density at radius 2 is 2.05 bits per heavy atom. The van der Waals surface area contributed by atoms with Crippen LogP contribution in [0.3, 0.4) is 0 Å². The van der Waals surface area contributed by atoms with Gasteiger partial charge in [0.25, 0.3) is 0 Å². The van der Waals surface area contributed by atoms with E-state index in [9.17, 15) is 9.90 Å². The summed E-state index contributed by atoms with van der Waals surface area (Å²) in [5.41, 5.74) is 2.45. The molecule has 6 rings (SSSR count). The molecule has 3 aliphatic rings. The number of amides is 1. The molecule has 0 unspecified atom stereocenters. The predicted octanol–water partition coefficient (Wildman–Crippen LogP) is 4.00. The number of alkyl halides is 1. The minimum atomic E-state index is -1.33. The zero-order valence-corrected chi connectivity index (χ0v) is 23.0. The topological polar surface area (TPSA) is 115 Å². The molecular formula is C26H30FIN6O4.